The smallest absolute Gasteiger partial charge is 0.160 e. The zero-order valence-corrected chi connectivity index (χ0v) is 13.6. The van der Waals surface area contributed by atoms with Gasteiger partial charge >= 0.3 is 0 Å². The molecule has 0 N–H and O–H groups in total. The first-order valence-corrected chi connectivity index (χ1v) is 7.51. The van der Waals surface area contributed by atoms with Crippen molar-refractivity contribution in [1.82, 2.24) is 0 Å². The summed E-state index contributed by atoms with van der Waals surface area (Å²) in [5, 5.41) is 0. The Morgan fingerprint density at radius 2 is 1.79 bits per heavy atom. The van der Waals surface area contributed by atoms with Crippen molar-refractivity contribution in [2.24, 2.45) is 0 Å². The lowest BCUT2D eigenvalue weighted by Crippen LogP contribution is -2.13. The van der Waals surface area contributed by atoms with Gasteiger partial charge in [0.05, 0.1) is 0 Å². The van der Waals surface area contributed by atoms with E-state index >= 15 is 0 Å². The van der Waals surface area contributed by atoms with Crippen molar-refractivity contribution >= 4 is 5.78 Å². The molecule has 1 nitrogen and oxygen atoms in total. The molecular weight excluding hydrogens is 232 g/mol. The Kier molecular flexibility index (Phi) is 4.95. The summed E-state index contributed by atoms with van der Waals surface area (Å²) in [6.07, 6.45) is 2.21. The summed E-state index contributed by atoms with van der Waals surface area (Å²) in [4.78, 5) is 11.8. The van der Waals surface area contributed by atoms with E-state index in [2.05, 4.69) is 39.8 Å². The van der Waals surface area contributed by atoms with E-state index in [1.54, 1.807) is 6.92 Å². The first-order chi connectivity index (χ1) is 8.83. The Bertz CT molecular complexity index is 467. The van der Waals surface area contributed by atoms with Gasteiger partial charge in [0.1, 0.15) is 0 Å². The second-order valence-electron chi connectivity index (χ2n) is 6.19. The van der Waals surface area contributed by atoms with Crippen molar-refractivity contribution in [1.29, 1.82) is 0 Å². The lowest BCUT2D eigenvalue weighted by Gasteiger charge is -2.21. The molecule has 0 unspecified atom stereocenters. The summed E-state index contributed by atoms with van der Waals surface area (Å²) in [7, 11) is 0. The van der Waals surface area contributed by atoms with E-state index in [-0.39, 0.29) is 11.2 Å². The van der Waals surface area contributed by atoms with Crippen LogP contribution in [0.3, 0.4) is 0 Å². The van der Waals surface area contributed by atoms with Crippen LogP contribution in [-0.4, -0.2) is 5.78 Å². The van der Waals surface area contributed by atoms with Crippen LogP contribution in [0.5, 0.6) is 0 Å². The van der Waals surface area contributed by atoms with Crippen molar-refractivity contribution in [3.63, 3.8) is 0 Å². The number of ketones is 1. The molecule has 0 amide bonds. The Morgan fingerprint density at radius 3 is 2.26 bits per heavy atom. The molecule has 0 aliphatic heterocycles. The average molecular weight is 260 g/mol. The number of hydrogen-bond donors (Lipinski definition) is 0. The summed E-state index contributed by atoms with van der Waals surface area (Å²) >= 11 is 0. The van der Waals surface area contributed by atoms with Crippen LogP contribution in [-0.2, 0) is 11.8 Å². The molecule has 1 aliphatic carbocycles. The van der Waals surface area contributed by atoms with Crippen molar-refractivity contribution in [3.8, 4) is 0 Å². The van der Waals surface area contributed by atoms with E-state index in [9.17, 15) is 4.79 Å². The molecule has 0 spiro atoms. The van der Waals surface area contributed by atoms with E-state index < -0.39 is 0 Å². The van der Waals surface area contributed by atoms with Gasteiger partial charge in [-0.1, -0.05) is 47.6 Å². The van der Waals surface area contributed by atoms with Crippen LogP contribution in [0.2, 0.25) is 0 Å². The van der Waals surface area contributed by atoms with Gasteiger partial charge in [-0.15, -0.1) is 0 Å². The maximum Gasteiger partial charge on any atom is 0.160 e. The monoisotopic (exact) mass is 260 g/mol. The van der Waals surface area contributed by atoms with Gasteiger partial charge < -0.3 is 0 Å². The van der Waals surface area contributed by atoms with Gasteiger partial charge in [-0.2, -0.15) is 0 Å². The van der Waals surface area contributed by atoms with Crippen LogP contribution < -0.4 is 0 Å². The lowest BCUT2D eigenvalue weighted by atomic mass is 9.83. The predicted octanol–water partition coefficient (Wildman–Crippen LogP) is 5.26. The number of carbonyl (C=O) groups is 1. The minimum Gasteiger partial charge on any atom is -0.295 e. The molecule has 0 aromatic heterocycles. The molecule has 1 aromatic rings. The molecule has 0 saturated heterocycles. The largest absolute Gasteiger partial charge is 0.295 e. The van der Waals surface area contributed by atoms with E-state index in [0.717, 1.165) is 18.4 Å². The zero-order chi connectivity index (χ0) is 14.8. The summed E-state index contributed by atoms with van der Waals surface area (Å²) in [6, 6.07) is 4.42. The van der Waals surface area contributed by atoms with Crippen molar-refractivity contribution in [2.75, 3.05) is 0 Å². The number of fused-ring (bicyclic) bond motifs is 1. The summed E-state index contributed by atoms with van der Waals surface area (Å²) < 4.78 is 0. The van der Waals surface area contributed by atoms with Crippen LogP contribution in [0, 0.1) is 0 Å². The maximum atomic E-state index is 11.8. The standard InChI is InChI=1S/C16H22O.C2H6/c1-10(2)12-8-14(11(3)17)13-6-7-16(4,5)15(13)9-12;1-2/h8-10H,6-7H2,1-5H3;1-2H3. The second kappa shape index (κ2) is 5.90. The third kappa shape index (κ3) is 3.08. The highest BCUT2D eigenvalue weighted by molar-refractivity contribution is 5.96. The van der Waals surface area contributed by atoms with Gasteiger partial charge in [-0.25, -0.2) is 0 Å². The highest BCUT2D eigenvalue weighted by Crippen LogP contribution is 2.41. The first kappa shape index (κ1) is 15.9. The molecular formula is C18H28O. The number of benzene rings is 1. The fraction of sp³-hybridized carbons (Fsp3) is 0.611. The van der Waals surface area contributed by atoms with Crippen LogP contribution in [0.1, 0.15) is 87.9 Å². The maximum absolute atomic E-state index is 11.8. The van der Waals surface area contributed by atoms with Crippen molar-refractivity contribution in [3.05, 3.63) is 34.4 Å². The van der Waals surface area contributed by atoms with Crippen molar-refractivity contribution in [2.45, 2.75) is 72.6 Å². The number of carbonyl (C=O) groups excluding carboxylic acids is 1. The highest BCUT2D eigenvalue weighted by atomic mass is 16.1. The second-order valence-corrected chi connectivity index (χ2v) is 6.19. The molecule has 0 radical (unpaired) electrons. The average Bonchev–Trinajstić information content (AvgIpc) is 2.67. The summed E-state index contributed by atoms with van der Waals surface area (Å²) in [6.45, 7) is 14.6. The fourth-order valence-electron chi connectivity index (χ4n) is 2.79. The van der Waals surface area contributed by atoms with E-state index in [1.807, 2.05) is 13.8 Å². The lowest BCUT2D eigenvalue weighted by molar-refractivity contribution is 0.101. The quantitative estimate of drug-likeness (QED) is 0.663. The van der Waals surface area contributed by atoms with Gasteiger partial charge in [0.2, 0.25) is 0 Å². The Morgan fingerprint density at radius 1 is 1.21 bits per heavy atom. The zero-order valence-electron chi connectivity index (χ0n) is 13.6. The van der Waals surface area contributed by atoms with E-state index in [0.29, 0.717) is 5.92 Å². The normalized spacial score (nSPS) is 15.8. The molecule has 0 heterocycles. The van der Waals surface area contributed by atoms with Crippen LogP contribution in [0.4, 0.5) is 0 Å². The minimum absolute atomic E-state index is 0.210. The number of rotatable bonds is 2. The molecule has 1 heteroatoms. The van der Waals surface area contributed by atoms with Crippen molar-refractivity contribution < 1.29 is 4.79 Å². The van der Waals surface area contributed by atoms with Crippen LogP contribution >= 0.6 is 0 Å². The Balaban J connectivity index is 0.000000861. The molecule has 0 atom stereocenters. The van der Waals surface area contributed by atoms with Crippen LogP contribution in [0.25, 0.3) is 0 Å². The van der Waals surface area contributed by atoms with Crippen LogP contribution in [0.15, 0.2) is 12.1 Å². The van der Waals surface area contributed by atoms with E-state index in [4.69, 9.17) is 0 Å². The molecule has 19 heavy (non-hydrogen) atoms. The minimum atomic E-state index is 0.210. The van der Waals surface area contributed by atoms with E-state index in [1.165, 1.54) is 16.7 Å². The topological polar surface area (TPSA) is 17.1 Å². The number of hydrogen-bond acceptors (Lipinski definition) is 1. The van der Waals surface area contributed by atoms with Gasteiger partial charge in [0, 0.05) is 5.56 Å². The molecule has 0 saturated carbocycles. The Hall–Kier alpha value is -1.11. The number of Topliss-reactive ketones (excluding diaryl/α,β-unsaturated/α-hetero) is 1. The Labute approximate surface area is 118 Å². The molecule has 106 valence electrons. The summed E-state index contributed by atoms with van der Waals surface area (Å²) in [5.41, 5.74) is 5.17. The first-order valence-electron chi connectivity index (χ1n) is 7.51. The molecule has 1 aliphatic rings. The van der Waals surface area contributed by atoms with Gasteiger partial charge in [0.25, 0.3) is 0 Å². The fourth-order valence-corrected chi connectivity index (χ4v) is 2.79. The summed E-state index contributed by atoms with van der Waals surface area (Å²) in [5.74, 6) is 0.691. The highest BCUT2D eigenvalue weighted by Gasteiger charge is 2.32. The molecule has 0 fully saturated rings. The van der Waals surface area contributed by atoms with Gasteiger partial charge in [-0.3, -0.25) is 4.79 Å². The molecule has 0 bridgehead atoms. The molecule has 1 aromatic carbocycles. The molecule has 2 rings (SSSR count). The SMILES string of the molecule is CC.CC(=O)c1cc(C(C)C)cc2c1CCC2(C)C. The predicted molar refractivity (Wildman–Crippen MR) is 83.2 cm³/mol. The third-order valence-corrected chi connectivity index (χ3v) is 4.05. The third-order valence-electron chi connectivity index (χ3n) is 4.05. The van der Waals surface area contributed by atoms with Gasteiger partial charge in [0.15, 0.2) is 5.78 Å². The van der Waals surface area contributed by atoms with Gasteiger partial charge in [-0.05, 0) is 53.9 Å².